The molecule has 1 heterocycles. The van der Waals surface area contributed by atoms with Crippen LogP contribution in [0.2, 0.25) is 0 Å². The first-order valence-corrected chi connectivity index (χ1v) is 5.53. The number of hydrogen-bond acceptors (Lipinski definition) is 1. The number of aromatic nitrogens is 1. The van der Waals surface area contributed by atoms with E-state index in [1.807, 2.05) is 0 Å². The molecule has 2 heteroatoms. The van der Waals surface area contributed by atoms with Crippen LogP contribution in [0, 0.1) is 0 Å². The first kappa shape index (κ1) is 10.2. The summed E-state index contributed by atoms with van der Waals surface area (Å²) < 4.78 is 2.25. The Kier molecular flexibility index (Phi) is 2.78. The van der Waals surface area contributed by atoms with Crippen LogP contribution in [0.5, 0.6) is 0 Å². The van der Waals surface area contributed by atoms with Crippen LogP contribution in [0.25, 0.3) is 10.9 Å². The molecule has 15 heavy (non-hydrogen) atoms. The Morgan fingerprint density at radius 1 is 1.27 bits per heavy atom. The van der Waals surface area contributed by atoms with Crippen LogP contribution in [0.4, 0.5) is 0 Å². The Balaban J connectivity index is 2.56. The SMILES string of the molecule is CCc1ccc2cc(CCN)n(C)c2c1. The molecule has 1 aromatic heterocycles. The van der Waals surface area contributed by atoms with Gasteiger partial charge in [-0.2, -0.15) is 0 Å². The Bertz CT molecular complexity index is 469. The summed E-state index contributed by atoms with van der Waals surface area (Å²) in [5.41, 5.74) is 9.62. The maximum atomic E-state index is 5.59. The molecule has 0 spiro atoms. The van der Waals surface area contributed by atoms with Crippen molar-refractivity contribution in [2.24, 2.45) is 12.8 Å². The number of aryl methyl sites for hydroxylation is 2. The minimum absolute atomic E-state index is 0.713. The third-order valence-electron chi connectivity index (χ3n) is 3.02. The summed E-state index contributed by atoms with van der Waals surface area (Å²) in [6.07, 6.45) is 2.04. The van der Waals surface area contributed by atoms with Crippen molar-refractivity contribution >= 4 is 10.9 Å². The Morgan fingerprint density at radius 2 is 2.07 bits per heavy atom. The van der Waals surface area contributed by atoms with Gasteiger partial charge in [-0.3, -0.25) is 0 Å². The molecule has 2 nitrogen and oxygen atoms in total. The number of rotatable bonds is 3. The molecule has 2 aromatic rings. The second kappa shape index (κ2) is 4.07. The molecule has 0 saturated carbocycles. The van der Waals surface area contributed by atoms with Crippen molar-refractivity contribution in [3.8, 4) is 0 Å². The molecule has 0 radical (unpaired) electrons. The molecular formula is C13H18N2. The molecule has 0 fully saturated rings. The summed E-state index contributed by atoms with van der Waals surface area (Å²) in [5, 5.41) is 1.32. The Hall–Kier alpha value is -1.28. The fourth-order valence-corrected chi connectivity index (χ4v) is 2.04. The van der Waals surface area contributed by atoms with Crippen molar-refractivity contribution in [1.82, 2.24) is 4.57 Å². The minimum atomic E-state index is 0.713. The number of nitrogens with zero attached hydrogens (tertiary/aromatic N) is 1. The predicted octanol–water partition coefficient (Wildman–Crippen LogP) is 2.24. The van der Waals surface area contributed by atoms with E-state index in [0.717, 1.165) is 12.8 Å². The Morgan fingerprint density at radius 3 is 2.73 bits per heavy atom. The van der Waals surface area contributed by atoms with E-state index in [9.17, 15) is 0 Å². The lowest BCUT2D eigenvalue weighted by Gasteiger charge is -2.03. The molecule has 2 rings (SSSR count). The zero-order valence-electron chi connectivity index (χ0n) is 9.46. The Labute approximate surface area is 90.7 Å². The molecule has 0 atom stereocenters. The van der Waals surface area contributed by atoms with Gasteiger partial charge in [-0.15, -0.1) is 0 Å². The van der Waals surface area contributed by atoms with Crippen molar-refractivity contribution in [3.63, 3.8) is 0 Å². The molecule has 2 N–H and O–H groups in total. The number of nitrogens with two attached hydrogens (primary N) is 1. The summed E-state index contributed by atoms with van der Waals surface area (Å²) in [6, 6.07) is 8.92. The average Bonchev–Trinajstić information content (AvgIpc) is 2.56. The fraction of sp³-hybridized carbons (Fsp3) is 0.385. The maximum Gasteiger partial charge on any atom is 0.0482 e. The van der Waals surface area contributed by atoms with Gasteiger partial charge in [-0.1, -0.05) is 19.1 Å². The lowest BCUT2D eigenvalue weighted by atomic mass is 10.1. The van der Waals surface area contributed by atoms with Crippen LogP contribution in [0.15, 0.2) is 24.3 Å². The van der Waals surface area contributed by atoms with Gasteiger partial charge in [0, 0.05) is 18.3 Å². The van der Waals surface area contributed by atoms with E-state index in [2.05, 4.69) is 42.8 Å². The monoisotopic (exact) mass is 202 g/mol. The van der Waals surface area contributed by atoms with Gasteiger partial charge in [-0.05, 0) is 42.5 Å². The zero-order chi connectivity index (χ0) is 10.8. The molecule has 0 aliphatic heterocycles. The second-order valence-electron chi connectivity index (χ2n) is 3.98. The summed E-state index contributed by atoms with van der Waals surface area (Å²) in [4.78, 5) is 0. The van der Waals surface area contributed by atoms with Crippen molar-refractivity contribution in [2.75, 3.05) is 6.54 Å². The lowest BCUT2D eigenvalue weighted by Crippen LogP contribution is -2.06. The average molecular weight is 202 g/mol. The van der Waals surface area contributed by atoms with E-state index in [4.69, 9.17) is 5.73 Å². The molecular weight excluding hydrogens is 184 g/mol. The van der Waals surface area contributed by atoms with E-state index < -0.39 is 0 Å². The van der Waals surface area contributed by atoms with Gasteiger partial charge in [0.05, 0.1) is 0 Å². The van der Waals surface area contributed by atoms with Gasteiger partial charge in [0.15, 0.2) is 0 Å². The summed E-state index contributed by atoms with van der Waals surface area (Å²) in [6.45, 7) is 2.90. The van der Waals surface area contributed by atoms with Crippen LogP contribution in [-0.2, 0) is 19.9 Å². The molecule has 0 bridgehead atoms. The van der Waals surface area contributed by atoms with Crippen LogP contribution < -0.4 is 5.73 Å². The maximum absolute atomic E-state index is 5.59. The van der Waals surface area contributed by atoms with Crippen molar-refractivity contribution in [1.29, 1.82) is 0 Å². The first-order valence-electron chi connectivity index (χ1n) is 5.53. The van der Waals surface area contributed by atoms with E-state index >= 15 is 0 Å². The van der Waals surface area contributed by atoms with Crippen molar-refractivity contribution in [2.45, 2.75) is 19.8 Å². The largest absolute Gasteiger partial charge is 0.348 e. The number of fused-ring (bicyclic) bond motifs is 1. The fourth-order valence-electron chi connectivity index (χ4n) is 2.04. The van der Waals surface area contributed by atoms with E-state index in [1.165, 1.54) is 22.2 Å². The molecule has 0 unspecified atom stereocenters. The van der Waals surface area contributed by atoms with Gasteiger partial charge in [-0.25, -0.2) is 0 Å². The van der Waals surface area contributed by atoms with E-state index in [1.54, 1.807) is 0 Å². The third-order valence-corrected chi connectivity index (χ3v) is 3.02. The normalized spacial score (nSPS) is 11.1. The van der Waals surface area contributed by atoms with Crippen LogP contribution >= 0.6 is 0 Å². The highest BCUT2D eigenvalue weighted by molar-refractivity contribution is 5.82. The first-order chi connectivity index (χ1) is 7.26. The molecule has 0 saturated heterocycles. The predicted molar refractivity (Wildman–Crippen MR) is 65.1 cm³/mol. The van der Waals surface area contributed by atoms with Crippen LogP contribution in [0.1, 0.15) is 18.2 Å². The zero-order valence-corrected chi connectivity index (χ0v) is 9.46. The van der Waals surface area contributed by atoms with Gasteiger partial charge in [0.2, 0.25) is 0 Å². The molecule has 0 aliphatic carbocycles. The highest BCUT2D eigenvalue weighted by Crippen LogP contribution is 2.20. The molecule has 0 amide bonds. The molecule has 80 valence electrons. The topological polar surface area (TPSA) is 30.9 Å². The van der Waals surface area contributed by atoms with E-state index in [-0.39, 0.29) is 0 Å². The van der Waals surface area contributed by atoms with Gasteiger partial charge in [0.25, 0.3) is 0 Å². The second-order valence-corrected chi connectivity index (χ2v) is 3.98. The summed E-state index contributed by atoms with van der Waals surface area (Å²) >= 11 is 0. The number of benzene rings is 1. The molecule has 0 aliphatic rings. The number of hydrogen-bond donors (Lipinski definition) is 1. The van der Waals surface area contributed by atoms with Crippen LogP contribution in [0.3, 0.4) is 0 Å². The highest BCUT2D eigenvalue weighted by atomic mass is 14.9. The van der Waals surface area contributed by atoms with Crippen molar-refractivity contribution < 1.29 is 0 Å². The minimum Gasteiger partial charge on any atom is -0.348 e. The summed E-state index contributed by atoms with van der Waals surface area (Å²) in [5.74, 6) is 0. The lowest BCUT2D eigenvalue weighted by molar-refractivity contribution is 0.827. The standard InChI is InChI=1S/C13H18N2/c1-3-10-4-5-11-9-12(6-7-14)15(2)13(11)8-10/h4-5,8-9H,3,6-7,14H2,1-2H3. The van der Waals surface area contributed by atoms with Crippen LogP contribution in [-0.4, -0.2) is 11.1 Å². The quantitative estimate of drug-likeness (QED) is 0.813. The summed E-state index contributed by atoms with van der Waals surface area (Å²) in [7, 11) is 2.12. The highest BCUT2D eigenvalue weighted by Gasteiger charge is 2.04. The van der Waals surface area contributed by atoms with Gasteiger partial charge < -0.3 is 10.3 Å². The smallest absolute Gasteiger partial charge is 0.0482 e. The van der Waals surface area contributed by atoms with Gasteiger partial charge in [0.1, 0.15) is 0 Å². The van der Waals surface area contributed by atoms with E-state index in [0.29, 0.717) is 6.54 Å². The molecule has 1 aromatic carbocycles. The third kappa shape index (κ3) is 1.77. The van der Waals surface area contributed by atoms with Crippen molar-refractivity contribution in [3.05, 3.63) is 35.5 Å². The van der Waals surface area contributed by atoms with Gasteiger partial charge >= 0.3 is 0 Å².